The molecule has 0 aliphatic carbocycles. The average Bonchev–Trinajstić information content (AvgIpc) is 3.12. The number of nitrogens with one attached hydrogen (secondary N) is 2. The first kappa shape index (κ1) is 15.8. The van der Waals surface area contributed by atoms with Crippen LogP contribution in [0.3, 0.4) is 0 Å². The third-order valence-corrected chi connectivity index (χ3v) is 4.68. The van der Waals surface area contributed by atoms with Crippen molar-refractivity contribution < 1.29 is 14.4 Å². The van der Waals surface area contributed by atoms with E-state index in [2.05, 4.69) is 51.2 Å². The smallest absolute Gasteiger partial charge is 0.282 e. The van der Waals surface area contributed by atoms with Crippen LogP contribution >= 0.6 is 0 Å². The second-order valence-electron chi connectivity index (χ2n) is 6.54. The highest BCUT2D eigenvalue weighted by Gasteiger charge is 2.27. The number of hydrogen-bond donors (Lipinski definition) is 1. The van der Waals surface area contributed by atoms with E-state index in [1.54, 1.807) is 0 Å². The normalized spacial score (nSPS) is 15.5. The van der Waals surface area contributed by atoms with Crippen molar-refractivity contribution in [2.75, 3.05) is 31.1 Å². The van der Waals surface area contributed by atoms with Gasteiger partial charge in [-0.2, -0.15) is 4.98 Å². The Hall–Kier alpha value is -2.73. The molecule has 0 saturated carbocycles. The molecule has 3 heterocycles. The molecular formula is C19H23N5O+2. The number of aromatic nitrogens is 3. The molecule has 6 heteroatoms. The first-order chi connectivity index (χ1) is 12.3. The summed E-state index contributed by atoms with van der Waals surface area (Å²) in [6, 6.07) is 14.4. The van der Waals surface area contributed by atoms with E-state index in [9.17, 15) is 0 Å². The zero-order valence-electron chi connectivity index (χ0n) is 14.4. The Bertz CT molecular complexity index is 807. The van der Waals surface area contributed by atoms with E-state index in [-0.39, 0.29) is 0 Å². The minimum atomic E-state index is 0.673. The molecule has 25 heavy (non-hydrogen) atoms. The van der Waals surface area contributed by atoms with Crippen LogP contribution in [0, 0.1) is 6.92 Å². The molecule has 1 aliphatic heterocycles. The summed E-state index contributed by atoms with van der Waals surface area (Å²) in [5.74, 6) is 2.57. The summed E-state index contributed by atoms with van der Waals surface area (Å²) in [5.41, 5.74) is 2.23. The lowest BCUT2D eigenvalue weighted by atomic mass is 10.1. The molecule has 0 amide bonds. The highest BCUT2D eigenvalue weighted by atomic mass is 16.5. The summed E-state index contributed by atoms with van der Waals surface area (Å²) in [6.07, 6.45) is 1.97. The van der Waals surface area contributed by atoms with E-state index in [4.69, 9.17) is 4.52 Å². The van der Waals surface area contributed by atoms with Gasteiger partial charge in [0.2, 0.25) is 5.82 Å². The summed E-state index contributed by atoms with van der Waals surface area (Å²) < 4.78 is 5.46. The first-order valence-electron chi connectivity index (χ1n) is 8.73. The molecule has 1 saturated heterocycles. The first-order valence-corrected chi connectivity index (χ1v) is 8.73. The van der Waals surface area contributed by atoms with Crippen LogP contribution < -0.4 is 14.8 Å². The van der Waals surface area contributed by atoms with Crippen LogP contribution in [0.4, 0.5) is 5.82 Å². The second-order valence-corrected chi connectivity index (χ2v) is 6.54. The Morgan fingerprint density at radius 3 is 2.64 bits per heavy atom. The van der Waals surface area contributed by atoms with Crippen LogP contribution in [0.5, 0.6) is 0 Å². The molecule has 4 rings (SSSR count). The number of piperazine rings is 1. The predicted molar refractivity (Wildman–Crippen MR) is 94.1 cm³/mol. The number of nitrogens with zero attached hydrogens (tertiary/aromatic N) is 3. The lowest BCUT2D eigenvalue weighted by molar-refractivity contribution is -0.915. The van der Waals surface area contributed by atoms with Gasteiger partial charge in [0, 0.05) is 11.6 Å². The van der Waals surface area contributed by atoms with E-state index in [0.29, 0.717) is 11.7 Å². The Kier molecular flexibility index (Phi) is 4.43. The van der Waals surface area contributed by atoms with Gasteiger partial charge in [0.05, 0.1) is 6.20 Å². The van der Waals surface area contributed by atoms with Crippen molar-refractivity contribution in [3.63, 3.8) is 0 Å². The number of rotatable bonds is 4. The molecule has 1 fully saturated rings. The van der Waals surface area contributed by atoms with Gasteiger partial charge < -0.3 is 9.42 Å². The molecule has 128 valence electrons. The molecule has 0 bridgehead atoms. The monoisotopic (exact) mass is 337 g/mol. The van der Waals surface area contributed by atoms with Crippen molar-refractivity contribution in [1.29, 1.82) is 0 Å². The van der Waals surface area contributed by atoms with Crippen LogP contribution in [0.25, 0.3) is 11.4 Å². The van der Waals surface area contributed by atoms with E-state index in [0.717, 1.165) is 38.3 Å². The number of quaternary nitrogens is 1. The largest absolute Gasteiger partial charge is 0.333 e. The van der Waals surface area contributed by atoms with Gasteiger partial charge in [0.15, 0.2) is 6.54 Å². The fourth-order valence-corrected chi connectivity index (χ4v) is 3.18. The molecule has 0 atom stereocenters. The summed E-state index contributed by atoms with van der Waals surface area (Å²) in [4.78, 5) is 11.7. The molecule has 2 aromatic heterocycles. The van der Waals surface area contributed by atoms with E-state index >= 15 is 0 Å². The van der Waals surface area contributed by atoms with Gasteiger partial charge in [-0.3, -0.25) is 4.90 Å². The topological polar surface area (TPSA) is 60.7 Å². The van der Waals surface area contributed by atoms with E-state index in [1.165, 1.54) is 16.3 Å². The van der Waals surface area contributed by atoms with Gasteiger partial charge in [0.25, 0.3) is 11.7 Å². The summed E-state index contributed by atoms with van der Waals surface area (Å²) in [5, 5.41) is 4.13. The van der Waals surface area contributed by atoms with Crippen LogP contribution in [0.1, 0.15) is 11.5 Å². The Balaban J connectivity index is 1.35. The van der Waals surface area contributed by atoms with Gasteiger partial charge >= 0.3 is 0 Å². The highest BCUT2D eigenvalue weighted by molar-refractivity contribution is 5.54. The average molecular weight is 337 g/mol. The van der Waals surface area contributed by atoms with Crippen LogP contribution in [-0.4, -0.2) is 36.3 Å². The van der Waals surface area contributed by atoms with Crippen molar-refractivity contribution in [2.45, 2.75) is 13.5 Å². The lowest BCUT2D eigenvalue weighted by Crippen LogP contribution is -3.13. The Labute approximate surface area is 147 Å². The SMILES string of the molecule is Cc1ccc(-c2noc(C[NH+]3CCN(c4cccc[nH+]4)CC3)n2)cc1. The number of pyridine rings is 1. The maximum atomic E-state index is 5.46. The van der Waals surface area contributed by atoms with Crippen LogP contribution in [-0.2, 0) is 6.54 Å². The molecule has 1 aromatic carbocycles. The van der Waals surface area contributed by atoms with Gasteiger partial charge in [-0.1, -0.05) is 41.1 Å². The molecule has 0 unspecified atom stereocenters. The molecule has 0 spiro atoms. The zero-order chi connectivity index (χ0) is 17.1. The number of benzene rings is 1. The van der Waals surface area contributed by atoms with Crippen molar-refractivity contribution in [3.05, 3.63) is 60.1 Å². The number of aryl methyl sites for hydroxylation is 1. The summed E-state index contributed by atoms with van der Waals surface area (Å²) in [6.45, 7) is 7.02. The van der Waals surface area contributed by atoms with Crippen LogP contribution in [0.15, 0.2) is 53.2 Å². The van der Waals surface area contributed by atoms with Crippen molar-refractivity contribution in [2.24, 2.45) is 0 Å². The Morgan fingerprint density at radius 1 is 1.12 bits per heavy atom. The number of aromatic amines is 1. The molecular weight excluding hydrogens is 314 g/mol. The zero-order valence-corrected chi connectivity index (χ0v) is 14.4. The van der Waals surface area contributed by atoms with Gasteiger partial charge in [-0.25, -0.2) is 4.98 Å². The third kappa shape index (κ3) is 3.69. The molecule has 6 nitrogen and oxygen atoms in total. The maximum Gasteiger partial charge on any atom is 0.282 e. The predicted octanol–water partition coefficient (Wildman–Crippen LogP) is 0.764. The van der Waals surface area contributed by atoms with E-state index < -0.39 is 0 Å². The minimum Gasteiger partial charge on any atom is -0.333 e. The lowest BCUT2D eigenvalue weighted by Gasteiger charge is -2.27. The van der Waals surface area contributed by atoms with Crippen LogP contribution in [0.2, 0.25) is 0 Å². The molecule has 3 aromatic rings. The van der Waals surface area contributed by atoms with Gasteiger partial charge in [-0.05, 0) is 13.0 Å². The van der Waals surface area contributed by atoms with Crippen molar-refractivity contribution in [1.82, 2.24) is 10.1 Å². The number of hydrogen-bond acceptors (Lipinski definition) is 4. The van der Waals surface area contributed by atoms with Gasteiger partial charge in [0.1, 0.15) is 26.2 Å². The summed E-state index contributed by atoms with van der Waals surface area (Å²) >= 11 is 0. The van der Waals surface area contributed by atoms with Crippen molar-refractivity contribution >= 4 is 5.82 Å². The van der Waals surface area contributed by atoms with Crippen molar-refractivity contribution in [3.8, 4) is 11.4 Å². The van der Waals surface area contributed by atoms with E-state index in [1.807, 2.05) is 24.4 Å². The van der Waals surface area contributed by atoms with Gasteiger partial charge in [-0.15, -0.1) is 0 Å². The number of anilines is 1. The molecule has 2 N–H and O–H groups in total. The second kappa shape index (κ2) is 7.03. The quantitative estimate of drug-likeness (QED) is 0.764. The Morgan fingerprint density at radius 2 is 1.92 bits per heavy atom. The summed E-state index contributed by atoms with van der Waals surface area (Å²) in [7, 11) is 0. The fraction of sp³-hybridized carbons (Fsp3) is 0.316. The fourth-order valence-electron chi connectivity index (χ4n) is 3.18. The third-order valence-electron chi connectivity index (χ3n) is 4.68. The minimum absolute atomic E-state index is 0.673. The highest BCUT2D eigenvalue weighted by Crippen LogP contribution is 2.16. The molecule has 0 radical (unpaired) electrons. The molecule has 1 aliphatic rings. The standard InChI is InChI=1S/C19H21N5O/c1-15-5-7-16(8-6-15)19-21-18(25-22-19)14-23-10-12-24(13-11-23)17-4-2-3-9-20-17/h2-9H,10-14H2,1H3/p+2. The number of H-pyrrole nitrogens is 1. The maximum absolute atomic E-state index is 5.46.